The smallest absolute Gasteiger partial charge is 0.225 e. The first-order valence-electron chi connectivity index (χ1n) is 6.10. The van der Waals surface area contributed by atoms with E-state index in [1.807, 2.05) is 6.07 Å². The van der Waals surface area contributed by atoms with Gasteiger partial charge in [-0.25, -0.2) is 9.97 Å². The van der Waals surface area contributed by atoms with Crippen molar-refractivity contribution in [3.05, 3.63) is 18.5 Å². The lowest BCUT2D eigenvalue weighted by Gasteiger charge is -2.35. The van der Waals surface area contributed by atoms with Crippen molar-refractivity contribution >= 4 is 17.5 Å². The van der Waals surface area contributed by atoms with E-state index < -0.39 is 0 Å². The second-order valence-corrected chi connectivity index (χ2v) is 4.90. The number of piperazine rings is 1. The van der Waals surface area contributed by atoms with Crippen molar-refractivity contribution in [1.29, 1.82) is 0 Å². The van der Waals surface area contributed by atoms with E-state index >= 15 is 0 Å². The fourth-order valence-electron chi connectivity index (χ4n) is 2.07. The van der Waals surface area contributed by atoms with Crippen LogP contribution in [-0.2, 0) is 0 Å². The molecule has 0 saturated carbocycles. The standard InChI is InChI=1S/C12H19ClN4/c1-11(9-13)10-16-5-7-17(8-6-16)12-14-3-2-4-15-12/h2-4,11H,5-10H2,1H3. The topological polar surface area (TPSA) is 32.3 Å². The summed E-state index contributed by atoms with van der Waals surface area (Å²) in [6.07, 6.45) is 3.59. The van der Waals surface area contributed by atoms with Crippen LogP contribution in [0.5, 0.6) is 0 Å². The molecule has 5 heteroatoms. The zero-order valence-corrected chi connectivity index (χ0v) is 11.0. The van der Waals surface area contributed by atoms with Crippen LogP contribution >= 0.6 is 11.6 Å². The molecule has 0 amide bonds. The Morgan fingerprint density at radius 2 is 1.88 bits per heavy atom. The summed E-state index contributed by atoms with van der Waals surface area (Å²) in [5.41, 5.74) is 0. The van der Waals surface area contributed by atoms with Crippen LogP contribution in [0, 0.1) is 5.92 Å². The lowest BCUT2D eigenvalue weighted by atomic mass is 10.2. The van der Waals surface area contributed by atoms with Gasteiger partial charge in [0.15, 0.2) is 0 Å². The van der Waals surface area contributed by atoms with Crippen molar-refractivity contribution in [2.75, 3.05) is 43.5 Å². The summed E-state index contributed by atoms with van der Waals surface area (Å²) in [7, 11) is 0. The number of halogens is 1. The summed E-state index contributed by atoms with van der Waals surface area (Å²) < 4.78 is 0. The Morgan fingerprint density at radius 1 is 1.24 bits per heavy atom. The molecule has 2 rings (SSSR count). The molecule has 1 aliphatic rings. The summed E-state index contributed by atoms with van der Waals surface area (Å²) in [6, 6.07) is 1.85. The number of hydrogen-bond acceptors (Lipinski definition) is 4. The van der Waals surface area contributed by atoms with Crippen molar-refractivity contribution in [2.45, 2.75) is 6.92 Å². The molecule has 2 heterocycles. The van der Waals surface area contributed by atoms with Gasteiger partial charge in [0.2, 0.25) is 5.95 Å². The zero-order chi connectivity index (χ0) is 12.1. The Kier molecular flexibility index (Phi) is 4.57. The highest BCUT2D eigenvalue weighted by Gasteiger charge is 2.19. The quantitative estimate of drug-likeness (QED) is 0.762. The fraction of sp³-hybridized carbons (Fsp3) is 0.667. The van der Waals surface area contributed by atoms with Gasteiger partial charge in [0, 0.05) is 51.0 Å². The maximum Gasteiger partial charge on any atom is 0.225 e. The summed E-state index contributed by atoms with van der Waals surface area (Å²) in [6.45, 7) is 7.42. The van der Waals surface area contributed by atoms with Gasteiger partial charge >= 0.3 is 0 Å². The van der Waals surface area contributed by atoms with E-state index in [4.69, 9.17) is 11.6 Å². The average Bonchev–Trinajstić information content (AvgIpc) is 2.40. The Labute approximate surface area is 108 Å². The van der Waals surface area contributed by atoms with Crippen LogP contribution in [0.4, 0.5) is 5.95 Å². The van der Waals surface area contributed by atoms with Gasteiger partial charge in [0.25, 0.3) is 0 Å². The molecule has 0 N–H and O–H groups in total. The van der Waals surface area contributed by atoms with Gasteiger partial charge in [0.1, 0.15) is 0 Å². The van der Waals surface area contributed by atoms with Crippen molar-refractivity contribution < 1.29 is 0 Å². The maximum atomic E-state index is 5.84. The lowest BCUT2D eigenvalue weighted by Crippen LogP contribution is -2.48. The van der Waals surface area contributed by atoms with Crippen molar-refractivity contribution in [1.82, 2.24) is 14.9 Å². The molecule has 0 spiro atoms. The van der Waals surface area contributed by atoms with E-state index in [2.05, 4.69) is 26.7 Å². The van der Waals surface area contributed by atoms with Crippen LogP contribution < -0.4 is 4.90 Å². The van der Waals surface area contributed by atoms with Crippen molar-refractivity contribution in [3.63, 3.8) is 0 Å². The van der Waals surface area contributed by atoms with E-state index in [1.54, 1.807) is 12.4 Å². The Bertz CT molecular complexity index is 325. The van der Waals surface area contributed by atoms with Crippen LogP contribution in [0.25, 0.3) is 0 Å². The van der Waals surface area contributed by atoms with Crippen molar-refractivity contribution in [2.24, 2.45) is 5.92 Å². The molecule has 0 aromatic carbocycles. The molecule has 0 radical (unpaired) electrons. The minimum absolute atomic E-state index is 0.566. The van der Waals surface area contributed by atoms with Crippen LogP contribution in [0.2, 0.25) is 0 Å². The summed E-state index contributed by atoms with van der Waals surface area (Å²) in [4.78, 5) is 13.3. The SMILES string of the molecule is CC(CCl)CN1CCN(c2ncccn2)CC1. The van der Waals surface area contributed by atoms with Gasteiger partial charge in [-0.1, -0.05) is 6.92 Å². The van der Waals surface area contributed by atoms with Gasteiger partial charge in [-0.15, -0.1) is 11.6 Å². The Hall–Kier alpha value is -0.870. The molecule has 17 heavy (non-hydrogen) atoms. The van der Waals surface area contributed by atoms with Crippen LogP contribution in [0.15, 0.2) is 18.5 Å². The summed E-state index contributed by atoms with van der Waals surface area (Å²) >= 11 is 5.84. The van der Waals surface area contributed by atoms with E-state index in [9.17, 15) is 0 Å². The number of anilines is 1. The number of alkyl halides is 1. The third-order valence-electron chi connectivity index (χ3n) is 3.04. The first kappa shape index (κ1) is 12.6. The van der Waals surface area contributed by atoms with Gasteiger partial charge in [-0.3, -0.25) is 4.90 Å². The first-order valence-corrected chi connectivity index (χ1v) is 6.63. The molecular weight excluding hydrogens is 236 g/mol. The molecule has 0 aliphatic carbocycles. The molecule has 1 atom stereocenters. The summed E-state index contributed by atoms with van der Waals surface area (Å²) in [5, 5.41) is 0. The molecule has 1 saturated heterocycles. The molecule has 1 aliphatic heterocycles. The second kappa shape index (κ2) is 6.17. The Morgan fingerprint density at radius 3 is 2.47 bits per heavy atom. The molecule has 94 valence electrons. The highest BCUT2D eigenvalue weighted by atomic mass is 35.5. The molecule has 0 bridgehead atoms. The molecule has 1 aromatic rings. The third-order valence-corrected chi connectivity index (χ3v) is 3.57. The fourth-order valence-corrected chi connectivity index (χ4v) is 2.17. The number of rotatable bonds is 4. The maximum absolute atomic E-state index is 5.84. The number of hydrogen-bond donors (Lipinski definition) is 0. The minimum Gasteiger partial charge on any atom is -0.338 e. The van der Waals surface area contributed by atoms with Gasteiger partial charge in [0.05, 0.1) is 0 Å². The van der Waals surface area contributed by atoms with Crippen LogP contribution in [0.1, 0.15) is 6.92 Å². The molecule has 1 unspecified atom stereocenters. The predicted octanol–water partition coefficient (Wildman–Crippen LogP) is 1.47. The largest absolute Gasteiger partial charge is 0.338 e. The number of aromatic nitrogens is 2. The minimum atomic E-state index is 0.566. The van der Waals surface area contributed by atoms with Crippen molar-refractivity contribution in [3.8, 4) is 0 Å². The van der Waals surface area contributed by atoms with Gasteiger partial charge in [-0.2, -0.15) is 0 Å². The van der Waals surface area contributed by atoms with E-state index in [0.717, 1.165) is 44.6 Å². The highest BCUT2D eigenvalue weighted by Crippen LogP contribution is 2.11. The third kappa shape index (κ3) is 3.54. The van der Waals surface area contributed by atoms with E-state index in [0.29, 0.717) is 5.92 Å². The van der Waals surface area contributed by atoms with Crippen LogP contribution in [-0.4, -0.2) is 53.5 Å². The van der Waals surface area contributed by atoms with E-state index in [1.165, 1.54) is 0 Å². The van der Waals surface area contributed by atoms with E-state index in [-0.39, 0.29) is 0 Å². The monoisotopic (exact) mass is 254 g/mol. The van der Waals surface area contributed by atoms with Gasteiger partial charge in [-0.05, 0) is 12.0 Å². The molecule has 1 fully saturated rings. The molecule has 4 nitrogen and oxygen atoms in total. The Balaban J connectivity index is 1.82. The highest BCUT2D eigenvalue weighted by molar-refractivity contribution is 6.18. The van der Waals surface area contributed by atoms with Crippen LogP contribution in [0.3, 0.4) is 0 Å². The first-order chi connectivity index (χ1) is 8.29. The van der Waals surface area contributed by atoms with Gasteiger partial charge < -0.3 is 4.90 Å². The molecule has 1 aromatic heterocycles. The zero-order valence-electron chi connectivity index (χ0n) is 10.2. The lowest BCUT2D eigenvalue weighted by molar-refractivity contribution is 0.231. The predicted molar refractivity (Wildman–Crippen MR) is 70.6 cm³/mol. The molecular formula is C12H19ClN4. The average molecular weight is 255 g/mol. The normalized spacial score (nSPS) is 19.3. The second-order valence-electron chi connectivity index (χ2n) is 4.60. The number of nitrogens with zero attached hydrogens (tertiary/aromatic N) is 4. The summed E-state index contributed by atoms with van der Waals surface area (Å²) in [5.74, 6) is 2.15.